The average Bonchev–Trinajstić information content (AvgIpc) is 2.86. The highest BCUT2D eigenvalue weighted by Crippen LogP contribution is 2.14. The topological polar surface area (TPSA) is 60.7 Å². The van der Waals surface area contributed by atoms with Gasteiger partial charge in [-0.1, -0.05) is 18.4 Å². The van der Waals surface area contributed by atoms with Gasteiger partial charge in [0.05, 0.1) is 5.52 Å². The molecular weight excluding hydrogens is 300 g/mol. The van der Waals surface area contributed by atoms with Crippen LogP contribution in [0.5, 0.6) is 0 Å². The van der Waals surface area contributed by atoms with Crippen molar-refractivity contribution in [3.05, 3.63) is 64.1 Å². The molecule has 5 heteroatoms. The van der Waals surface area contributed by atoms with Crippen molar-refractivity contribution >= 4 is 11.0 Å². The molecule has 0 saturated carbocycles. The second kappa shape index (κ2) is 6.25. The fourth-order valence-corrected chi connectivity index (χ4v) is 2.94. The first-order valence-corrected chi connectivity index (χ1v) is 8.14. The summed E-state index contributed by atoms with van der Waals surface area (Å²) < 4.78 is 1.78. The van der Waals surface area contributed by atoms with Crippen LogP contribution in [0.2, 0.25) is 0 Å². The smallest absolute Gasteiger partial charge is 0.280 e. The lowest BCUT2D eigenvalue weighted by atomic mass is 10.2. The summed E-state index contributed by atoms with van der Waals surface area (Å²) in [6, 6.07) is 7.44. The van der Waals surface area contributed by atoms with Gasteiger partial charge >= 0.3 is 0 Å². The quantitative estimate of drug-likeness (QED) is 0.597. The minimum Gasteiger partial charge on any atom is -0.295 e. The van der Waals surface area contributed by atoms with E-state index in [9.17, 15) is 4.79 Å². The van der Waals surface area contributed by atoms with E-state index in [0.717, 1.165) is 43.6 Å². The Balaban J connectivity index is 1.79. The molecule has 0 aromatic carbocycles. The second-order valence-electron chi connectivity index (χ2n) is 5.85. The zero-order valence-electron chi connectivity index (χ0n) is 13.2. The van der Waals surface area contributed by atoms with Crippen molar-refractivity contribution in [1.82, 2.24) is 19.5 Å². The van der Waals surface area contributed by atoms with Gasteiger partial charge in [0.1, 0.15) is 11.5 Å². The molecule has 4 rings (SSSR count). The van der Waals surface area contributed by atoms with Crippen molar-refractivity contribution in [3.8, 4) is 11.8 Å². The molecule has 0 radical (unpaired) electrons. The fourth-order valence-electron chi connectivity index (χ4n) is 2.94. The van der Waals surface area contributed by atoms with Gasteiger partial charge in [-0.15, -0.1) is 0 Å². The Morgan fingerprint density at radius 3 is 2.92 bits per heavy atom. The molecule has 118 valence electrons. The molecule has 4 heterocycles. The van der Waals surface area contributed by atoms with Crippen LogP contribution in [0, 0.1) is 11.8 Å². The molecule has 3 aromatic rings. The Kier molecular flexibility index (Phi) is 3.80. The number of fused-ring (bicyclic) bond motifs is 2. The molecule has 0 aliphatic carbocycles. The molecule has 0 saturated heterocycles. The fraction of sp³-hybridized carbons (Fsp3) is 0.263. The van der Waals surface area contributed by atoms with Crippen molar-refractivity contribution in [2.75, 3.05) is 0 Å². The van der Waals surface area contributed by atoms with E-state index in [-0.39, 0.29) is 5.56 Å². The van der Waals surface area contributed by atoms with Crippen molar-refractivity contribution in [2.45, 2.75) is 32.2 Å². The Morgan fingerprint density at radius 1 is 1.08 bits per heavy atom. The summed E-state index contributed by atoms with van der Waals surface area (Å²) in [6.07, 6.45) is 7.41. The summed E-state index contributed by atoms with van der Waals surface area (Å²) in [5.74, 6) is 6.90. The molecule has 0 unspecified atom stereocenters. The summed E-state index contributed by atoms with van der Waals surface area (Å²) in [7, 11) is 0. The summed E-state index contributed by atoms with van der Waals surface area (Å²) in [4.78, 5) is 25.8. The van der Waals surface area contributed by atoms with Gasteiger partial charge in [0.25, 0.3) is 5.56 Å². The van der Waals surface area contributed by atoms with Crippen LogP contribution in [0.1, 0.15) is 36.3 Å². The largest absolute Gasteiger partial charge is 0.295 e. The standard InChI is InChI=1S/C19H16N4O/c24-19-18-16(22-17-7-2-1-5-11-23(17)19)12-14(13-21-18)8-9-15-6-3-4-10-20-15/h3-4,6,10,12-13H,1-2,5,7,11H2. The van der Waals surface area contributed by atoms with Gasteiger partial charge in [0.2, 0.25) is 0 Å². The molecule has 5 nitrogen and oxygen atoms in total. The maximum Gasteiger partial charge on any atom is 0.280 e. The van der Waals surface area contributed by atoms with Gasteiger partial charge in [-0.05, 0) is 37.0 Å². The second-order valence-corrected chi connectivity index (χ2v) is 5.85. The highest BCUT2D eigenvalue weighted by Gasteiger charge is 2.14. The van der Waals surface area contributed by atoms with Gasteiger partial charge in [0, 0.05) is 30.9 Å². The van der Waals surface area contributed by atoms with E-state index in [1.807, 2.05) is 24.3 Å². The van der Waals surface area contributed by atoms with Gasteiger partial charge < -0.3 is 0 Å². The Bertz CT molecular complexity index is 1010. The van der Waals surface area contributed by atoms with Gasteiger partial charge in [-0.25, -0.2) is 15.0 Å². The summed E-state index contributed by atoms with van der Waals surface area (Å²) in [5.41, 5.74) is 2.44. The molecular formula is C19H16N4O. The third-order valence-electron chi connectivity index (χ3n) is 4.16. The minimum atomic E-state index is -0.0406. The van der Waals surface area contributed by atoms with Crippen LogP contribution in [0.15, 0.2) is 41.5 Å². The number of hydrogen-bond acceptors (Lipinski definition) is 4. The lowest BCUT2D eigenvalue weighted by molar-refractivity contribution is 0.613. The van der Waals surface area contributed by atoms with Crippen LogP contribution >= 0.6 is 0 Å². The number of aryl methyl sites for hydroxylation is 1. The average molecular weight is 316 g/mol. The van der Waals surface area contributed by atoms with Gasteiger partial charge in [0.15, 0.2) is 5.52 Å². The van der Waals surface area contributed by atoms with Crippen LogP contribution in [0.3, 0.4) is 0 Å². The highest BCUT2D eigenvalue weighted by molar-refractivity contribution is 5.74. The Morgan fingerprint density at radius 2 is 2.04 bits per heavy atom. The number of aromatic nitrogens is 4. The number of pyridine rings is 2. The Hall–Kier alpha value is -3.00. The molecule has 0 atom stereocenters. The van der Waals surface area contributed by atoms with Crippen LogP contribution in [0.4, 0.5) is 0 Å². The number of nitrogens with zero attached hydrogens (tertiary/aromatic N) is 4. The normalized spacial score (nSPS) is 13.7. The predicted octanol–water partition coefficient (Wildman–Crippen LogP) is 2.31. The van der Waals surface area contributed by atoms with Crippen LogP contribution in [0.25, 0.3) is 11.0 Å². The van der Waals surface area contributed by atoms with Crippen molar-refractivity contribution < 1.29 is 0 Å². The Labute approximate surface area is 139 Å². The van der Waals surface area contributed by atoms with Crippen LogP contribution in [-0.2, 0) is 13.0 Å². The van der Waals surface area contributed by atoms with Crippen molar-refractivity contribution in [2.24, 2.45) is 0 Å². The third kappa shape index (κ3) is 2.79. The van der Waals surface area contributed by atoms with Crippen LogP contribution in [-0.4, -0.2) is 19.5 Å². The van der Waals surface area contributed by atoms with Gasteiger partial charge in [-0.3, -0.25) is 9.36 Å². The molecule has 0 spiro atoms. The molecule has 24 heavy (non-hydrogen) atoms. The molecule has 0 N–H and O–H groups in total. The zero-order valence-corrected chi connectivity index (χ0v) is 13.2. The third-order valence-corrected chi connectivity index (χ3v) is 4.16. The van der Waals surface area contributed by atoms with Crippen molar-refractivity contribution in [1.29, 1.82) is 0 Å². The summed E-state index contributed by atoms with van der Waals surface area (Å²) >= 11 is 0. The minimum absolute atomic E-state index is 0.0406. The highest BCUT2D eigenvalue weighted by atomic mass is 16.1. The summed E-state index contributed by atoms with van der Waals surface area (Å²) in [5, 5.41) is 0. The van der Waals surface area contributed by atoms with Gasteiger partial charge in [-0.2, -0.15) is 0 Å². The lowest BCUT2D eigenvalue weighted by Crippen LogP contribution is -2.25. The van der Waals surface area contributed by atoms with Crippen LogP contribution < -0.4 is 5.56 Å². The van der Waals surface area contributed by atoms with E-state index < -0.39 is 0 Å². The maximum atomic E-state index is 12.6. The maximum absolute atomic E-state index is 12.6. The van der Waals surface area contributed by atoms with E-state index in [4.69, 9.17) is 0 Å². The van der Waals surface area contributed by atoms with Crippen molar-refractivity contribution in [3.63, 3.8) is 0 Å². The molecule has 0 fully saturated rings. The predicted molar refractivity (Wildman–Crippen MR) is 91.6 cm³/mol. The van der Waals surface area contributed by atoms with E-state index in [2.05, 4.69) is 26.8 Å². The monoisotopic (exact) mass is 316 g/mol. The van der Waals surface area contributed by atoms with E-state index in [1.165, 1.54) is 0 Å². The molecule has 0 bridgehead atoms. The van der Waals surface area contributed by atoms with E-state index >= 15 is 0 Å². The molecule has 3 aromatic heterocycles. The number of hydrogen-bond donors (Lipinski definition) is 0. The van der Waals surface area contributed by atoms with E-state index in [1.54, 1.807) is 17.0 Å². The summed E-state index contributed by atoms with van der Waals surface area (Å²) in [6.45, 7) is 0.736. The first kappa shape index (κ1) is 14.6. The zero-order chi connectivity index (χ0) is 16.4. The molecule has 1 aliphatic heterocycles. The molecule has 0 amide bonds. The molecule has 1 aliphatic rings. The number of rotatable bonds is 0. The SMILES string of the molecule is O=c1c2ncc(C#Cc3ccccn3)cc2nc2n1CCCCC2. The first-order chi connectivity index (χ1) is 11.8. The van der Waals surface area contributed by atoms with E-state index in [0.29, 0.717) is 16.7 Å². The lowest BCUT2D eigenvalue weighted by Gasteiger charge is -2.09. The first-order valence-electron chi connectivity index (χ1n) is 8.14.